The van der Waals surface area contributed by atoms with Crippen LogP contribution in [0.15, 0.2) is 5.38 Å². The molecule has 2 aromatic rings. The monoisotopic (exact) mass is 484 g/mol. The molecular formula is C16H19F3N4O4S3. The minimum Gasteiger partial charge on any atom is -0.389 e. The third-order valence-electron chi connectivity index (χ3n) is 4.64. The number of halogens is 3. The van der Waals surface area contributed by atoms with Gasteiger partial charge in [-0.05, 0) is 25.7 Å². The quantitative estimate of drug-likeness (QED) is 0.652. The molecule has 0 aliphatic carbocycles. The van der Waals surface area contributed by atoms with Gasteiger partial charge in [-0.3, -0.25) is 4.79 Å². The van der Waals surface area contributed by atoms with Gasteiger partial charge >= 0.3 is 15.5 Å². The minimum atomic E-state index is -5.32. The number of aromatic nitrogens is 2. The lowest BCUT2D eigenvalue weighted by atomic mass is 9.94. The summed E-state index contributed by atoms with van der Waals surface area (Å²) in [6, 6.07) is 0. The number of thiazole rings is 2. The van der Waals surface area contributed by atoms with Crippen LogP contribution in [-0.2, 0) is 21.4 Å². The maximum atomic E-state index is 12.6. The van der Waals surface area contributed by atoms with Crippen molar-refractivity contribution in [2.45, 2.75) is 38.3 Å². The Kier molecular flexibility index (Phi) is 6.81. The number of piperidine rings is 1. The summed E-state index contributed by atoms with van der Waals surface area (Å²) in [5.74, 6) is -0.537. The fourth-order valence-electron chi connectivity index (χ4n) is 3.13. The lowest BCUT2D eigenvalue weighted by Gasteiger charge is -2.31. The van der Waals surface area contributed by atoms with E-state index in [1.807, 2.05) is 0 Å². The van der Waals surface area contributed by atoms with Crippen LogP contribution in [0.5, 0.6) is 0 Å². The van der Waals surface area contributed by atoms with Gasteiger partial charge in [0.15, 0.2) is 5.13 Å². The van der Waals surface area contributed by atoms with Crippen molar-refractivity contribution in [3.63, 3.8) is 0 Å². The second-order valence-electron chi connectivity index (χ2n) is 6.76. The number of aliphatic hydroxyl groups is 1. The molecule has 0 bridgehead atoms. The molecule has 8 nitrogen and oxygen atoms in total. The van der Waals surface area contributed by atoms with Gasteiger partial charge in [-0.2, -0.15) is 17.5 Å². The van der Waals surface area contributed by atoms with Crippen molar-refractivity contribution in [2.75, 3.05) is 18.4 Å². The molecule has 0 spiro atoms. The first-order chi connectivity index (χ1) is 14.0. The first-order valence-corrected chi connectivity index (χ1v) is 12.0. The first kappa shape index (κ1) is 23.1. The third kappa shape index (κ3) is 4.99. The number of carbonyl (C=O) groups excluding carboxylic acids is 1. The van der Waals surface area contributed by atoms with E-state index in [0.29, 0.717) is 20.1 Å². The largest absolute Gasteiger partial charge is 0.511 e. The molecule has 1 aliphatic rings. The summed E-state index contributed by atoms with van der Waals surface area (Å²) in [5, 5.41) is 14.6. The molecular weight excluding hydrogens is 465 g/mol. The third-order valence-corrected chi connectivity index (χ3v) is 8.19. The van der Waals surface area contributed by atoms with Gasteiger partial charge in [-0.1, -0.05) is 0 Å². The lowest BCUT2D eigenvalue weighted by Crippen LogP contribution is -2.45. The highest BCUT2D eigenvalue weighted by Gasteiger charge is 2.50. The Morgan fingerprint density at radius 1 is 1.33 bits per heavy atom. The highest BCUT2D eigenvalue weighted by atomic mass is 32.2. The fraction of sp³-hybridized carbons (Fsp3) is 0.562. The van der Waals surface area contributed by atoms with Crippen LogP contribution in [0.3, 0.4) is 0 Å². The molecule has 1 amide bonds. The number of hydrogen-bond donors (Lipinski definition) is 2. The van der Waals surface area contributed by atoms with Gasteiger partial charge < -0.3 is 10.4 Å². The Morgan fingerprint density at radius 3 is 2.57 bits per heavy atom. The smallest absolute Gasteiger partial charge is 0.389 e. The van der Waals surface area contributed by atoms with Crippen LogP contribution in [0.2, 0.25) is 0 Å². The van der Waals surface area contributed by atoms with Crippen LogP contribution in [0.4, 0.5) is 18.3 Å². The van der Waals surface area contributed by atoms with E-state index in [-0.39, 0.29) is 50.8 Å². The predicted octanol–water partition coefficient (Wildman–Crippen LogP) is 2.96. The summed E-state index contributed by atoms with van der Waals surface area (Å²) < 4.78 is 61.2. The number of aryl methyl sites for hydroxylation is 1. The number of amides is 1. The van der Waals surface area contributed by atoms with E-state index in [4.69, 9.17) is 0 Å². The SMILES string of the molecule is Cc1nc(CO)sc1-c1csc(NC(=O)CC2CCN(S(=O)(=O)C(F)(F)F)CC2)n1. The summed E-state index contributed by atoms with van der Waals surface area (Å²) >= 11 is 2.54. The van der Waals surface area contributed by atoms with Gasteiger partial charge in [0.2, 0.25) is 5.91 Å². The summed E-state index contributed by atoms with van der Waals surface area (Å²) in [6.45, 7) is 1.11. The van der Waals surface area contributed by atoms with Crippen LogP contribution >= 0.6 is 22.7 Å². The number of carbonyl (C=O) groups is 1. The molecule has 3 heterocycles. The topological polar surface area (TPSA) is 112 Å². The van der Waals surface area contributed by atoms with E-state index >= 15 is 0 Å². The minimum absolute atomic E-state index is 0.0725. The maximum absolute atomic E-state index is 12.6. The van der Waals surface area contributed by atoms with Crippen molar-refractivity contribution < 1.29 is 31.5 Å². The Morgan fingerprint density at radius 2 is 2.00 bits per heavy atom. The molecule has 2 N–H and O–H groups in total. The van der Waals surface area contributed by atoms with E-state index in [9.17, 15) is 31.5 Å². The molecule has 30 heavy (non-hydrogen) atoms. The highest BCUT2D eigenvalue weighted by Crippen LogP contribution is 2.33. The van der Waals surface area contributed by atoms with Crippen LogP contribution in [0, 0.1) is 12.8 Å². The van der Waals surface area contributed by atoms with E-state index in [2.05, 4.69) is 15.3 Å². The number of sulfonamides is 1. The number of nitrogens with zero attached hydrogens (tertiary/aromatic N) is 3. The van der Waals surface area contributed by atoms with Gasteiger partial charge in [-0.15, -0.1) is 22.7 Å². The molecule has 0 aromatic carbocycles. The number of hydrogen-bond acceptors (Lipinski definition) is 8. The molecule has 0 radical (unpaired) electrons. The molecule has 14 heteroatoms. The Labute approximate surface area is 178 Å². The Bertz CT molecular complexity index is 1010. The van der Waals surface area contributed by atoms with Gasteiger partial charge in [-0.25, -0.2) is 18.4 Å². The van der Waals surface area contributed by atoms with Crippen LogP contribution in [-0.4, -0.2) is 52.3 Å². The second-order valence-corrected chi connectivity index (χ2v) is 10.6. The Balaban J connectivity index is 1.54. The molecule has 1 fully saturated rings. The van der Waals surface area contributed by atoms with Crippen molar-refractivity contribution in [2.24, 2.45) is 5.92 Å². The molecule has 1 aliphatic heterocycles. The molecule has 1 saturated heterocycles. The molecule has 166 valence electrons. The molecule has 2 aromatic heterocycles. The average molecular weight is 485 g/mol. The summed E-state index contributed by atoms with van der Waals surface area (Å²) in [6.07, 6.45) is 0.425. The number of aliphatic hydroxyl groups excluding tert-OH is 1. The normalized spacial score (nSPS) is 16.7. The zero-order chi connectivity index (χ0) is 22.1. The zero-order valence-corrected chi connectivity index (χ0v) is 18.2. The maximum Gasteiger partial charge on any atom is 0.511 e. The van der Waals surface area contributed by atoms with Gasteiger partial charge in [0, 0.05) is 24.9 Å². The Hall–Kier alpha value is -1.61. The standard InChI is InChI=1S/C16H19F3N4O4S3/c1-9-14(29-13(7-24)20-9)11-8-28-15(21-11)22-12(25)6-10-2-4-23(5-3-10)30(26,27)16(17,18)19/h8,10,24H,2-7H2,1H3,(H,21,22,25). The number of nitrogens with one attached hydrogen (secondary N) is 1. The number of rotatable bonds is 6. The summed E-state index contributed by atoms with van der Waals surface area (Å²) in [7, 11) is -5.32. The molecule has 0 unspecified atom stereocenters. The molecule has 0 atom stereocenters. The van der Waals surface area contributed by atoms with Crippen molar-refractivity contribution in [1.29, 1.82) is 0 Å². The van der Waals surface area contributed by atoms with Crippen LogP contribution in [0.25, 0.3) is 10.6 Å². The van der Waals surface area contributed by atoms with E-state index in [1.165, 1.54) is 22.7 Å². The van der Waals surface area contributed by atoms with Crippen LogP contribution in [0.1, 0.15) is 30.0 Å². The van der Waals surface area contributed by atoms with Crippen molar-refractivity contribution in [1.82, 2.24) is 14.3 Å². The zero-order valence-electron chi connectivity index (χ0n) is 15.8. The molecule has 0 saturated carbocycles. The van der Waals surface area contributed by atoms with E-state index in [0.717, 1.165) is 10.6 Å². The lowest BCUT2D eigenvalue weighted by molar-refractivity contribution is -0.117. The average Bonchev–Trinajstić information content (AvgIpc) is 3.27. The van der Waals surface area contributed by atoms with E-state index in [1.54, 1.807) is 12.3 Å². The van der Waals surface area contributed by atoms with Gasteiger partial charge in [0.05, 0.1) is 22.9 Å². The van der Waals surface area contributed by atoms with Crippen molar-refractivity contribution >= 4 is 43.7 Å². The van der Waals surface area contributed by atoms with Crippen molar-refractivity contribution in [3.8, 4) is 10.6 Å². The number of anilines is 1. The molecule has 3 rings (SSSR count). The highest BCUT2D eigenvalue weighted by molar-refractivity contribution is 7.90. The van der Waals surface area contributed by atoms with Crippen LogP contribution < -0.4 is 5.32 Å². The van der Waals surface area contributed by atoms with Gasteiger partial charge in [0.1, 0.15) is 5.01 Å². The second kappa shape index (κ2) is 8.86. The van der Waals surface area contributed by atoms with Gasteiger partial charge in [0.25, 0.3) is 0 Å². The first-order valence-electron chi connectivity index (χ1n) is 8.90. The van der Waals surface area contributed by atoms with E-state index < -0.39 is 15.5 Å². The van der Waals surface area contributed by atoms with Crippen molar-refractivity contribution in [3.05, 3.63) is 16.1 Å². The summed E-state index contributed by atoms with van der Waals surface area (Å²) in [4.78, 5) is 21.7. The fourth-order valence-corrected chi connectivity index (χ4v) is 5.79. The summed E-state index contributed by atoms with van der Waals surface area (Å²) in [5.41, 5.74) is -3.95. The number of alkyl halides is 3. The predicted molar refractivity (Wildman–Crippen MR) is 106 cm³/mol.